The zero-order valence-corrected chi connectivity index (χ0v) is 16.8. The standard InChI is InChI=1S/C20H28N4O3/c1-7-21-20(24-15-8-9-17(25-4)18(10-15)26-5)23-12-16-14(3)19(27-6)13(2)11-22-16/h8-11H,7,12H2,1-6H3,(H2,21,23,24). The fraction of sp³-hybridized carbons (Fsp3) is 0.400. The minimum Gasteiger partial charge on any atom is -0.496 e. The van der Waals surface area contributed by atoms with Gasteiger partial charge in [-0.3, -0.25) is 4.98 Å². The number of aliphatic imine (C=N–C) groups is 1. The van der Waals surface area contributed by atoms with E-state index in [9.17, 15) is 0 Å². The van der Waals surface area contributed by atoms with Crippen LogP contribution >= 0.6 is 0 Å². The highest BCUT2D eigenvalue weighted by Gasteiger charge is 2.10. The first-order chi connectivity index (χ1) is 13.0. The number of nitrogens with one attached hydrogen (secondary N) is 2. The van der Waals surface area contributed by atoms with Gasteiger partial charge in [0.2, 0.25) is 0 Å². The molecule has 0 aliphatic carbocycles. The molecular weight excluding hydrogens is 344 g/mol. The predicted molar refractivity (Wildman–Crippen MR) is 108 cm³/mol. The van der Waals surface area contributed by atoms with E-state index in [1.165, 1.54) is 0 Å². The second-order valence-corrected chi connectivity index (χ2v) is 5.94. The van der Waals surface area contributed by atoms with E-state index in [0.29, 0.717) is 24.0 Å². The van der Waals surface area contributed by atoms with Crippen molar-refractivity contribution in [2.45, 2.75) is 27.3 Å². The number of methoxy groups -OCH3 is 3. The highest BCUT2D eigenvalue weighted by Crippen LogP contribution is 2.29. The number of pyridine rings is 1. The van der Waals surface area contributed by atoms with E-state index < -0.39 is 0 Å². The van der Waals surface area contributed by atoms with Gasteiger partial charge in [-0.2, -0.15) is 0 Å². The molecule has 1 aromatic carbocycles. The van der Waals surface area contributed by atoms with Crippen LogP contribution in [0.25, 0.3) is 0 Å². The number of benzene rings is 1. The normalized spacial score (nSPS) is 11.1. The molecule has 2 N–H and O–H groups in total. The van der Waals surface area contributed by atoms with Crippen LogP contribution < -0.4 is 24.8 Å². The van der Waals surface area contributed by atoms with E-state index in [1.54, 1.807) is 21.3 Å². The van der Waals surface area contributed by atoms with Crippen molar-refractivity contribution < 1.29 is 14.2 Å². The molecule has 27 heavy (non-hydrogen) atoms. The van der Waals surface area contributed by atoms with Crippen LogP contribution in [0.4, 0.5) is 5.69 Å². The van der Waals surface area contributed by atoms with E-state index in [1.807, 2.05) is 45.2 Å². The third kappa shape index (κ3) is 5.03. The summed E-state index contributed by atoms with van der Waals surface area (Å²) >= 11 is 0. The third-order valence-electron chi connectivity index (χ3n) is 4.13. The Kier molecular flexibility index (Phi) is 7.28. The average molecular weight is 372 g/mol. The first-order valence-corrected chi connectivity index (χ1v) is 8.80. The summed E-state index contributed by atoms with van der Waals surface area (Å²) in [5.41, 5.74) is 3.74. The average Bonchev–Trinajstić information content (AvgIpc) is 2.67. The summed E-state index contributed by atoms with van der Waals surface area (Å²) < 4.78 is 16.1. The summed E-state index contributed by atoms with van der Waals surface area (Å²) in [5, 5.41) is 6.51. The lowest BCUT2D eigenvalue weighted by atomic mass is 10.1. The molecule has 2 aromatic rings. The summed E-state index contributed by atoms with van der Waals surface area (Å²) in [5.74, 6) is 2.84. The smallest absolute Gasteiger partial charge is 0.196 e. The van der Waals surface area contributed by atoms with Crippen molar-refractivity contribution in [1.82, 2.24) is 10.3 Å². The quantitative estimate of drug-likeness (QED) is 0.574. The van der Waals surface area contributed by atoms with Crippen molar-refractivity contribution in [3.05, 3.63) is 41.2 Å². The van der Waals surface area contributed by atoms with Gasteiger partial charge in [-0.05, 0) is 32.9 Å². The number of rotatable bonds is 7. The Morgan fingerprint density at radius 3 is 2.44 bits per heavy atom. The Balaban J connectivity index is 2.22. The molecule has 7 heteroatoms. The van der Waals surface area contributed by atoms with E-state index in [4.69, 9.17) is 14.2 Å². The van der Waals surface area contributed by atoms with Gasteiger partial charge in [-0.25, -0.2) is 4.99 Å². The molecular formula is C20H28N4O3. The molecule has 0 atom stereocenters. The topological polar surface area (TPSA) is 77.0 Å². The molecule has 0 saturated carbocycles. The first kappa shape index (κ1) is 20.4. The lowest BCUT2D eigenvalue weighted by Gasteiger charge is -2.14. The maximum Gasteiger partial charge on any atom is 0.196 e. The van der Waals surface area contributed by atoms with Gasteiger partial charge in [0.15, 0.2) is 17.5 Å². The number of nitrogens with zero attached hydrogens (tertiary/aromatic N) is 2. The Hall–Kier alpha value is -2.96. The SMILES string of the molecule is CCNC(=NCc1ncc(C)c(OC)c1C)Nc1ccc(OC)c(OC)c1. The molecule has 0 fully saturated rings. The molecule has 0 saturated heterocycles. The Morgan fingerprint density at radius 2 is 1.81 bits per heavy atom. The largest absolute Gasteiger partial charge is 0.496 e. The van der Waals surface area contributed by atoms with Crippen molar-refractivity contribution in [2.75, 3.05) is 33.2 Å². The van der Waals surface area contributed by atoms with Crippen LogP contribution in [0.2, 0.25) is 0 Å². The van der Waals surface area contributed by atoms with Crippen molar-refractivity contribution in [3.63, 3.8) is 0 Å². The molecule has 7 nitrogen and oxygen atoms in total. The van der Waals surface area contributed by atoms with E-state index in [-0.39, 0.29) is 0 Å². The summed E-state index contributed by atoms with van der Waals surface area (Å²) in [6, 6.07) is 5.62. The molecule has 0 unspecified atom stereocenters. The van der Waals surface area contributed by atoms with Crippen LogP contribution in [-0.4, -0.2) is 38.8 Å². The lowest BCUT2D eigenvalue weighted by molar-refractivity contribution is 0.355. The minimum atomic E-state index is 0.436. The van der Waals surface area contributed by atoms with Gasteiger partial charge >= 0.3 is 0 Å². The van der Waals surface area contributed by atoms with Crippen LogP contribution in [-0.2, 0) is 6.54 Å². The van der Waals surface area contributed by atoms with Crippen LogP contribution in [0.1, 0.15) is 23.7 Å². The summed E-state index contributed by atoms with van der Waals surface area (Å²) in [6.07, 6.45) is 1.81. The number of aryl methyl sites for hydroxylation is 1. The molecule has 146 valence electrons. The molecule has 0 bridgehead atoms. The first-order valence-electron chi connectivity index (χ1n) is 8.80. The highest BCUT2D eigenvalue weighted by atomic mass is 16.5. The van der Waals surface area contributed by atoms with Gasteiger partial charge < -0.3 is 24.8 Å². The Bertz CT molecular complexity index is 806. The molecule has 2 rings (SSSR count). The Labute approximate surface area is 160 Å². The van der Waals surface area contributed by atoms with Gasteiger partial charge in [0.25, 0.3) is 0 Å². The number of anilines is 1. The van der Waals surface area contributed by atoms with E-state index in [0.717, 1.165) is 34.8 Å². The van der Waals surface area contributed by atoms with Crippen molar-refractivity contribution in [2.24, 2.45) is 4.99 Å². The fourth-order valence-electron chi connectivity index (χ4n) is 2.74. The lowest BCUT2D eigenvalue weighted by Crippen LogP contribution is -2.30. The highest BCUT2D eigenvalue weighted by molar-refractivity contribution is 5.93. The molecule has 1 heterocycles. The minimum absolute atomic E-state index is 0.436. The predicted octanol–water partition coefficient (Wildman–Crippen LogP) is 3.30. The number of guanidine groups is 1. The van der Waals surface area contributed by atoms with Crippen molar-refractivity contribution >= 4 is 11.6 Å². The molecule has 0 amide bonds. The fourth-order valence-corrected chi connectivity index (χ4v) is 2.74. The zero-order chi connectivity index (χ0) is 19.8. The monoisotopic (exact) mass is 372 g/mol. The van der Waals surface area contributed by atoms with Gasteiger partial charge in [0, 0.05) is 35.6 Å². The summed E-state index contributed by atoms with van der Waals surface area (Å²) in [7, 11) is 4.90. The number of ether oxygens (including phenoxy) is 3. The van der Waals surface area contributed by atoms with Crippen LogP contribution in [0.5, 0.6) is 17.2 Å². The number of hydrogen-bond donors (Lipinski definition) is 2. The van der Waals surface area contributed by atoms with E-state index >= 15 is 0 Å². The molecule has 0 spiro atoms. The Morgan fingerprint density at radius 1 is 1.07 bits per heavy atom. The summed E-state index contributed by atoms with van der Waals surface area (Å²) in [4.78, 5) is 9.14. The van der Waals surface area contributed by atoms with Gasteiger partial charge in [0.1, 0.15) is 5.75 Å². The second-order valence-electron chi connectivity index (χ2n) is 5.94. The van der Waals surface area contributed by atoms with Gasteiger partial charge in [-0.1, -0.05) is 0 Å². The van der Waals surface area contributed by atoms with Gasteiger partial charge in [0.05, 0.1) is 33.6 Å². The molecule has 0 radical (unpaired) electrons. The number of aromatic nitrogens is 1. The number of hydrogen-bond acceptors (Lipinski definition) is 5. The van der Waals surface area contributed by atoms with Crippen molar-refractivity contribution in [1.29, 1.82) is 0 Å². The second kappa shape index (κ2) is 9.66. The maximum absolute atomic E-state index is 5.47. The molecule has 0 aliphatic rings. The molecule has 0 aliphatic heterocycles. The van der Waals surface area contributed by atoms with Crippen LogP contribution in [0, 0.1) is 13.8 Å². The van der Waals surface area contributed by atoms with Crippen molar-refractivity contribution in [3.8, 4) is 17.2 Å². The third-order valence-corrected chi connectivity index (χ3v) is 4.13. The van der Waals surface area contributed by atoms with Gasteiger partial charge in [-0.15, -0.1) is 0 Å². The zero-order valence-electron chi connectivity index (χ0n) is 16.8. The van der Waals surface area contributed by atoms with Crippen LogP contribution in [0.15, 0.2) is 29.4 Å². The summed E-state index contributed by atoms with van der Waals surface area (Å²) in [6.45, 7) is 7.17. The maximum atomic E-state index is 5.47. The molecule has 1 aromatic heterocycles. The van der Waals surface area contributed by atoms with Crippen LogP contribution in [0.3, 0.4) is 0 Å². The van der Waals surface area contributed by atoms with E-state index in [2.05, 4.69) is 20.6 Å².